The molecular weight excluding hydrogens is 350 g/mol. The van der Waals surface area contributed by atoms with Gasteiger partial charge in [0.15, 0.2) is 0 Å². The van der Waals surface area contributed by atoms with E-state index in [1.807, 2.05) is 61.0 Å². The van der Waals surface area contributed by atoms with Crippen LogP contribution in [0.4, 0.5) is 5.69 Å². The Bertz CT molecular complexity index is 994. The molecule has 0 aliphatic heterocycles. The Balaban J connectivity index is 1.61. The van der Waals surface area contributed by atoms with Gasteiger partial charge in [0.25, 0.3) is 0 Å². The van der Waals surface area contributed by atoms with Crippen molar-refractivity contribution >= 4 is 22.7 Å². The van der Waals surface area contributed by atoms with Crippen molar-refractivity contribution in [3.63, 3.8) is 0 Å². The molecule has 4 rings (SSSR count). The molecule has 132 valence electrons. The Morgan fingerprint density at radius 1 is 0.815 bits per heavy atom. The lowest BCUT2D eigenvalue weighted by molar-refractivity contribution is 1.27. The second-order valence-electron chi connectivity index (χ2n) is 6.15. The van der Waals surface area contributed by atoms with Gasteiger partial charge in [0, 0.05) is 11.1 Å². The zero-order valence-corrected chi connectivity index (χ0v) is 15.8. The van der Waals surface area contributed by atoms with E-state index in [-0.39, 0.29) is 0 Å². The van der Waals surface area contributed by atoms with Crippen LogP contribution in [0.25, 0.3) is 10.4 Å². The van der Waals surface area contributed by atoms with Crippen LogP contribution in [0.3, 0.4) is 0 Å². The highest BCUT2D eigenvalue weighted by Gasteiger charge is 2.07. The summed E-state index contributed by atoms with van der Waals surface area (Å²) in [5, 5.41) is 4.70. The maximum absolute atomic E-state index is 4.70. The third-order valence-corrected chi connectivity index (χ3v) is 5.26. The van der Waals surface area contributed by atoms with Gasteiger partial charge in [-0.05, 0) is 24.6 Å². The molecule has 0 atom stereocenters. The maximum Gasteiger partial charge on any atom is 0.0977 e. The average molecular weight is 369 g/mol. The first-order valence-electron chi connectivity index (χ1n) is 8.76. The third-order valence-electron chi connectivity index (χ3n) is 4.28. The summed E-state index contributed by atoms with van der Waals surface area (Å²) in [7, 11) is 0. The SMILES string of the molecule is Cc1ncsc1-c1ccc(NN=C(c2ccccc2)c2ccccc2)cc1. The number of nitrogens with one attached hydrogen (secondary N) is 1. The van der Waals surface area contributed by atoms with Crippen molar-refractivity contribution in [2.24, 2.45) is 5.10 Å². The number of hydrazone groups is 1. The molecule has 0 saturated carbocycles. The second kappa shape index (κ2) is 7.98. The molecule has 0 radical (unpaired) electrons. The van der Waals surface area contributed by atoms with Gasteiger partial charge in [-0.2, -0.15) is 5.10 Å². The maximum atomic E-state index is 4.70. The van der Waals surface area contributed by atoms with Crippen LogP contribution in [0.15, 0.2) is 95.5 Å². The minimum atomic E-state index is 0.915. The highest BCUT2D eigenvalue weighted by molar-refractivity contribution is 7.13. The Morgan fingerprint density at radius 3 is 1.93 bits per heavy atom. The van der Waals surface area contributed by atoms with E-state index in [1.54, 1.807) is 11.3 Å². The number of aromatic nitrogens is 1. The Hall–Kier alpha value is -3.24. The molecule has 4 aromatic rings. The number of hydrogen-bond acceptors (Lipinski definition) is 4. The summed E-state index contributed by atoms with van der Waals surface area (Å²) in [6.45, 7) is 2.04. The molecule has 0 fully saturated rings. The van der Waals surface area contributed by atoms with E-state index in [0.29, 0.717) is 0 Å². The van der Waals surface area contributed by atoms with E-state index in [4.69, 9.17) is 5.10 Å². The van der Waals surface area contributed by atoms with Crippen LogP contribution in [0, 0.1) is 6.92 Å². The van der Waals surface area contributed by atoms with Gasteiger partial charge in [0.05, 0.1) is 27.5 Å². The molecule has 3 aromatic carbocycles. The predicted molar refractivity (Wildman–Crippen MR) is 114 cm³/mol. The van der Waals surface area contributed by atoms with Crippen LogP contribution in [-0.4, -0.2) is 10.7 Å². The lowest BCUT2D eigenvalue weighted by Gasteiger charge is -2.09. The van der Waals surface area contributed by atoms with Gasteiger partial charge in [-0.25, -0.2) is 4.98 Å². The van der Waals surface area contributed by atoms with Gasteiger partial charge in [0.1, 0.15) is 0 Å². The first kappa shape index (κ1) is 17.2. The van der Waals surface area contributed by atoms with Crippen LogP contribution in [-0.2, 0) is 0 Å². The van der Waals surface area contributed by atoms with Crippen molar-refractivity contribution in [1.82, 2.24) is 4.98 Å². The monoisotopic (exact) mass is 369 g/mol. The van der Waals surface area contributed by atoms with E-state index >= 15 is 0 Å². The number of hydrogen-bond donors (Lipinski definition) is 1. The fourth-order valence-corrected chi connectivity index (χ4v) is 3.70. The summed E-state index contributed by atoms with van der Waals surface area (Å²) < 4.78 is 0. The van der Waals surface area contributed by atoms with E-state index in [1.165, 1.54) is 10.4 Å². The molecule has 0 amide bonds. The average Bonchev–Trinajstić information content (AvgIpc) is 3.16. The zero-order chi connectivity index (χ0) is 18.5. The molecule has 1 N–H and O–H groups in total. The summed E-state index contributed by atoms with van der Waals surface area (Å²) in [5.41, 5.74) is 11.3. The highest BCUT2D eigenvalue weighted by atomic mass is 32.1. The van der Waals surface area contributed by atoms with Crippen LogP contribution < -0.4 is 5.43 Å². The lowest BCUT2D eigenvalue weighted by Crippen LogP contribution is -2.06. The van der Waals surface area contributed by atoms with Crippen molar-refractivity contribution in [3.8, 4) is 10.4 Å². The molecule has 0 spiro atoms. The standard InChI is InChI=1S/C23H19N3S/c1-17-23(27-16-24-17)20-12-14-21(15-13-20)25-26-22(18-8-4-2-5-9-18)19-10-6-3-7-11-19/h2-16,25H,1H3. The van der Waals surface area contributed by atoms with Crippen molar-refractivity contribution in [2.75, 3.05) is 5.43 Å². The number of thiazole rings is 1. The fraction of sp³-hybridized carbons (Fsp3) is 0.0435. The van der Waals surface area contributed by atoms with Crippen molar-refractivity contribution in [3.05, 3.63) is 107 Å². The van der Waals surface area contributed by atoms with Crippen molar-refractivity contribution < 1.29 is 0 Å². The van der Waals surface area contributed by atoms with E-state index < -0.39 is 0 Å². The van der Waals surface area contributed by atoms with Gasteiger partial charge in [-0.1, -0.05) is 72.8 Å². The molecule has 1 aromatic heterocycles. The van der Waals surface area contributed by atoms with Gasteiger partial charge in [-0.3, -0.25) is 5.43 Å². The van der Waals surface area contributed by atoms with Crippen LogP contribution in [0.5, 0.6) is 0 Å². The quantitative estimate of drug-likeness (QED) is 0.347. The highest BCUT2D eigenvalue weighted by Crippen LogP contribution is 2.28. The molecule has 0 unspecified atom stereocenters. The summed E-state index contributed by atoms with van der Waals surface area (Å²) in [4.78, 5) is 5.53. The number of anilines is 1. The Kier molecular flexibility index (Phi) is 5.08. The minimum Gasteiger partial charge on any atom is -0.278 e. The van der Waals surface area contributed by atoms with E-state index in [9.17, 15) is 0 Å². The third kappa shape index (κ3) is 3.96. The topological polar surface area (TPSA) is 37.3 Å². The number of rotatable bonds is 5. The second-order valence-corrected chi connectivity index (χ2v) is 7.00. The molecular formula is C23H19N3S. The largest absolute Gasteiger partial charge is 0.278 e. The smallest absolute Gasteiger partial charge is 0.0977 e. The van der Waals surface area contributed by atoms with Gasteiger partial charge >= 0.3 is 0 Å². The Labute approximate surface area is 163 Å². The summed E-state index contributed by atoms with van der Waals surface area (Å²) >= 11 is 1.66. The number of benzene rings is 3. The molecule has 27 heavy (non-hydrogen) atoms. The fourth-order valence-electron chi connectivity index (χ4n) is 2.88. The predicted octanol–water partition coefficient (Wildman–Crippen LogP) is 5.98. The normalized spacial score (nSPS) is 10.4. The van der Waals surface area contributed by atoms with Crippen LogP contribution in [0.1, 0.15) is 16.8 Å². The van der Waals surface area contributed by atoms with Crippen LogP contribution in [0.2, 0.25) is 0 Å². The Morgan fingerprint density at radius 2 is 1.41 bits per heavy atom. The van der Waals surface area contributed by atoms with E-state index in [2.05, 4.69) is 46.8 Å². The van der Waals surface area contributed by atoms with Crippen LogP contribution >= 0.6 is 11.3 Å². The van der Waals surface area contributed by atoms with Gasteiger partial charge < -0.3 is 0 Å². The zero-order valence-electron chi connectivity index (χ0n) is 15.0. The molecule has 0 bridgehead atoms. The molecule has 0 aliphatic carbocycles. The number of aryl methyl sites for hydroxylation is 1. The first-order chi connectivity index (χ1) is 13.3. The molecule has 1 heterocycles. The minimum absolute atomic E-state index is 0.915. The molecule has 0 saturated heterocycles. The summed E-state index contributed by atoms with van der Waals surface area (Å²) in [6.07, 6.45) is 0. The molecule has 4 heteroatoms. The number of nitrogens with zero attached hydrogens (tertiary/aromatic N) is 2. The van der Waals surface area contributed by atoms with Crippen molar-refractivity contribution in [2.45, 2.75) is 6.92 Å². The molecule has 0 aliphatic rings. The summed E-state index contributed by atoms with van der Waals surface area (Å²) in [6, 6.07) is 28.7. The lowest BCUT2D eigenvalue weighted by atomic mass is 10.0. The summed E-state index contributed by atoms with van der Waals surface area (Å²) in [5.74, 6) is 0. The van der Waals surface area contributed by atoms with Crippen molar-refractivity contribution in [1.29, 1.82) is 0 Å². The van der Waals surface area contributed by atoms with E-state index in [0.717, 1.165) is 28.2 Å². The first-order valence-corrected chi connectivity index (χ1v) is 9.64. The molecule has 3 nitrogen and oxygen atoms in total. The van der Waals surface area contributed by atoms with Gasteiger partial charge in [-0.15, -0.1) is 11.3 Å². The van der Waals surface area contributed by atoms with Gasteiger partial charge in [0.2, 0.25) is 0 Å².